The van der Waals surface area contributed by atoms with Crippen LogP contribution in [-0.2, 0) is 65.8 Å². The highest BCUT2D eigenvalue weighted by molar-refractivity contribution is 7.07. The molecule has 28 nitrogen and oxygen atoms in total. The summed E-state index contributed by atoms with van der Waals surface area (Å²) >= 11 is 14.4. The van der Waals surface area contributed by atoms with Crippen molar-refractivity contribution in [3.05, 3.63) is 164 Å². The fraction of sp³-hybridized carbons (Fsp3) is 0.300. The standard InChI is InChI=1S/2C30H29ClN6O8S/c2*1-43-18-4-2-3-17(10-38)21(18)16-7-5-15(6-8-16)9-30(28(41)42,20-12-46-14-34-20)44-11-19-23(39)24(40)27(45-19)37-13-33-22-25(32)35-29(31)36-26(22)37/h2*2-8,12-14,19,23-24,27,38-40H,9-11H2,1H3,(H,41,42)(H2,32,35,36)/t19-,23-,24-,27-,30+;19-,23-,24-,27-,30-/m11/s1. The molecular formula is C60H58Cl2N12O16S2. The van der Waals surface area contributed by atoms with E-state index in [1.165, 1.54) is 55.5 Å². The summed E-state index contributed by atoms with van der Waals surface area (Å²) in [6.45, 7) is -1.21. The van der Waals surface area contributed by atoms with Gasteiger partial charge >= 0.3 is 11.9 Å². The molecule has 92 heavy (non-hydrogen) atoms. The quantitative estimate of drug-likeness (QED) is 0.0395. The van der Waals surface area contributed by atoms with Gasteiger partial charge in [0, 0.05) is 34.7 Å². The number of aliphatic hydroxyl groups excluding tert-OH is 6. The minimum Gasteiger partial charge on any atom is -0.496 e. The number of methoxy groups -OCH3 is 2. The predicted molar refractivity (Wildman–Crippen MR) is 332 cm³/mol. The number of ether oxygens (including phenoxy) is 6. The second-order valence-corrected chi connectivity index (χ2v) is 23.3. The van der Waals surface area contributed by atoms with Gasteiger partial charge in [-0.15, -0.1) is 22.7 Å². The van der Waals surface area contributed by atoms with E-state index in [0.717, 1.165) is 22.3 Å². The van der Waals surface area contributed by atoms with Crippen LogP contribution in [0.25, 0.3) is 44.6 Å². The Morgan fingerprint density at radius 1 is 0.576 bits per heavy atom. The molecule has 0 aliphatic carbocycles. The first-order valence-electron chi connectivity index (χ1n) is 27.9. The molecule has 0 spiro atoms. The van der Waals surface area contributed by atoms with Crippen LogP contribution in [0, 0.1) is 0 Å². The second-order valence-electron chi connectivity index (χ2n) is 21.2. The van der Waals surface area contributed by atoms with Crippen molar-refractivity contribution in [3.8, 4) is 33.8 Å². The Morgan fingerprint density at radius 2 is 0.967 bits per heavy atom. The van der Waals surface area contributed by atoms with E-state index < -0.39 is 85.4 Å². The average molecular weight is 1340 g/mol. The summed E-state index contributed by atoms with van der Waals surface area (Å²) in [5, 5.41) is 87.5. The summed E-state index contributed by atoms with van der Waals surface area (Å²) in [4.78, 5) is 58.8. The normalized spacial score (nSPS) is 21.0. The molecule has 2 aliphatic heterocycles. The van der Waals surface area contributed by atoms with Crippen molar-refractivity contribution in [1.29, 1.82) is 0 Å². The summed E-state index contributed by atoms with van der Waals surface area (Å²) < 4.78 is 37.9. The maximum absolute atomic E-state index is 13.0. The SMILES string of the molecule is COc1cccc(CO)c1-c1ccc(C[C@@](OC[C@H]2O[C@@H](n3cnc4c(N)nc(Cl)nc43)[C@H](O)[C@@H]2O)(C(=O)O)c2cscn2)cc1.COc1cccc(CO)c1-c1ccc(C[C@](OC[C@H]2O[C@@H](n3cnc4c(N)nc(Cl)nc43)[C@H](O)[C@@H]2O)(C(=O)O)c2cscn2)cc1. The fourth-order valence-corrected chi connectivity index (χ4v) is 12.7. The lowest BCUT2D eigenvalue weighted by atomic mass is 9.90. The molecule has 0 unspecified atom stereocenters. The number of fused-ring (bicyclic) bond motifs is 2. The lowest BCUT2D eigenvalue weighted by Gasteiger charge is -2.30. The number of thiazole rings is 2. The molecule has 0 bridgehead atoms. The number of aliphatic carboxylic acids is 2. The number of carboxylic acid groups (broad SMARTS) is 2. The number of nitrogen functional groups attached to an aromatic ring is 2. The number of nitrogens with zero attached hydrogens (tertiary/aromatic N) is 10. The Morgan fingerprint density at radius 3 is 1.30 bits per heavy atom. The third-order valence-corrected chi connectivity index (χ3v) is 17.3. The molecule has 2 fully saturated rings. The number of benzene rings is 4. The Kier molecular flexibility index (Phi) is 19.4. The zero-order valence-electron chi connectivity index (χ0n) is 48.5. The molecule has 12 N–H and O–H groups in total. The molecule has 2 aliphatic rings. The minimum atomic E-state index is -1.97. The number of hydrogen-bond donors (Lipinski definition) is 10. The molecule has 0 radical (unpaired) electrons. The summed E-state index contributed by atoms with van der Waals surface area (Å²) in [6, 6.07) is 25.1. The second kappa shape index (κ2) is 27.4. The molecule has 10 aromatic rings. The lowest BCUT2D eigenvalue weighted by Crippen LogP contribution is -2.44. The van der Waals surface area contributed by atoms with Crippen LogP contribution in [0.2, 0.25) is 10.6 Å². The van der Waals surface area contributed by atoms with Crippen molar-refractivity contribution < 1.29 is 78.9 Å². The van der Waals surface area contributed by atoms with Crippen LogP contribution >= 0.6 is 45.9 Å². The van der Waals surface area contributed by atoms with Gasteiger partial charge in [0.2, 0.25) is 21.8 Å². The van der Waals surface area contributed by atoms with Crippen LogP contribution in [0.15, 0.2) is 119 Å². The van der Waals surface area contributed by atoms with Crippen LogP contribution < -0.4 is 20.9 Å². The van der Waals surface area contributed by atoms with Crippen LogP contribution in [0.5, 0.6) is 11.5 Å². The topological polar surface area (TPSA) is 416 Å². The summed E-state index contributed by atoms with van der Waals surface area (Å²) in [5.41, 5.74) is 17.6. The summed E-state index contributed by atoms with van der Waals surface area (Å²) in [7, 11) is 3.09. The van der Waals surface area contributed by atoms with Gasteiger partial charge < -0.3 is 80.7 Å². The van der Waals surface area contributed by atoms with Crippen molar-refractivity contribution in [2.24, 2.45) is 0 Å². The number of aromatic nitrogens is 10. The third-order valence-electron chi connectivity index (χ3n) is 15.8. The molecule has 4 aromatic carbocycles. The van der Waals surface area contributed by atoms with E-state index in [9.17, 15) is 50.4 Å². The number of rotatable bonds is 22. The monoisotopic (exact) mass is 1340 g/mol. The highest BCUT2D eigenvalue weighted by atomic mass is 35.5. The van der Waals surface area contributed by atoms with Crippen molar-refractivity contribution in [3.63, 3.8) is 0 Å². The first-order chi connectivity index (χ1) is 44.3. The molecule has 6 aromatic heterocycles. The van der Waals surface area contributed by atoms with E-state index in [1.807, 2.05) is 24.3 Å². The van der Waals surface area contributed by atoms with Gasteiger partial charge in [-0.05, 0) is 68.7 Å². The Labute approximate surface area is 539 Å². The van der Waals surface area contributed by atoms with E-state index in [2.05, 4.69) is 39.9 Å². The smallest absolute Gasteiger partial charge is 0.342 e. The molecule has 8 heterocycles. The Bertz CT molecular complexity index is 3940. The van der Waals surface area contributed by atoms with Gasteiger partial charge in [-0.2, -0.15) is 19.9 Å². The first-order valence-corrected chi connectivity index (χ1v) is 30.6. The van der Waals surface area contributed by atoms with Crippen LogP contribution in [0.4, 0.5) is 11.6 Å². The summed E-state index contributed by atoms with van der Waals surface area (Å²) in [5.74, 6) is -1.38. The number of aliphatic hydroxyl groups is 6. The van der Waals surface area contributed by atoms with Crippen molar-refractivity contribution >= 4 is 91.8 Å². The number of carbonyl (C=O) groups is 2. The molecule has 0 amide bonds. The van der Waals surface area contributed by atoms with Crippen LogP contribution in [-0.4, -0.2) is 166 Å². The number of imidazole rings is 2. The Balaban J connectivity index is 0.000000188. The molecule has 32 heteroatoms. The fourth-order valence-electron chi connectivity index (χ4n) is 11.2. The van der Waals surface area contributed by atoms with Gasteiger partial charge in [-0.25, -0.2) is 29.5 Å². The van der Waals surface area contributed by atoms with E-state index in [0.29, 0.717) is 33.8 Å². The molecule has 2 saturated heterocycles. The molecular weight excluding hydrogens is 1280 g/mol. The highest BCUT2D eigenvalue weighted by Crippen LogP contribution is 2.41. The van der Waals surface area contributed by atoms with Gasteiger partial charge in [0.25, 0.3) is 0 Å². The molecule has 480 valence electrons. The van der Waals surface area contributed by atoms with Gasteiger partial charge in [-0.3, -0.25) is 9.13 Å². The number of nitrogens with two attached hydrogens (primary N) is 2. The number of anilines is 2. The maximum Gasteiger partial charge on any atom is 0.342 e. The average Bonchev–Trinajstić information content (AvgIpc) is 1.58. The lowest BCUT2D eigenvalue weighted by molar-refractivity contribution is -0.177. The van der Waals surface area contributed by atoms with Crippen LogP contribution in [0.1, 0.15) is 46.1 Å². The maximum atomic E-state index is 13.0. The highest BCUT2D eigenvalue weighted by Gasteiger charge is 2.51. The zero-order valence-corrected chi connectivity index (χ0v) is 51.6. The van der Waals surface area contributed by atoms with Crippen molar-refractivity contribution in [2.75, 3.05) is 38.9 Å². The number of hydrogen-bond acceptors (Lipinski definition) is 26. The minimum absolute atomic E-state index is 0.0287. The van der Waals surface area contributed by atoms with E-state index in [-0.39, 0.29) is 82.0 Å². The van der Waals surface area contributed by atoms with Crippen molar-refractivity contribution in [1.82, 2.24) is 49.0 Å². The van der Waals surface area contributed by atoms with Gasteiger partial charge in [-0.1, -0.05) is 72.8 Å². The predicted octanol–water partition coefficient (Wildman–Crippen LogP) is 5.09. The van der Waals surface area contributed by atoms with Gasteiger partial charge in [0.1, 0.15) is 59.2 Å². The molecule has 10 atom stereocenters. The van der Waals surface area contributed by atoms with Crippen molar-refractivity contribution in [2.45, 2.75) is 86.3 Å². The summed E-state index contributed by atoms with van der Waals surface area (Å²) in [6.07, 6.45) is -8.04. The molecule has 12 rings (SSSR count). The largest absolute Gasteiger partial charge is 0.496 e. The Hall–Kier alpha value is -8.44. The van der Waals surface area contributed by atoms with Gasteiger partial charge in [0.05, 0.1) is 75.7 Å². The molecule has 0 saturated carbocycles. The zero-order chi connectivity index (χ0) is 65.2. The van der Waals surface area contributed by atoms with E-state index in [1.54, 1.807) is 85.6 Å². The van der Waals surface area contributed by atoms with E-state index >= 15 is 0 Å². The number of carboxylic acids is 2. The number of halogens is 2. The third kappa shape index (κ3) is 12.5. The first kappa shape index (κ1) is 65.1. The van der Waals surface area contributed by atoms with E-state index in [4.69, 9.17) is 63.1 Å². The van der Waals surface area contributed by atoms with Crippen LogP contribution in [0.3, 0.4) is 0 Å². The van der Waals surface area contributed by atoms with Gasteiger partial charge in [0.15, 0.2) is 35.4 Å².